The van der Waals surface area contributed by atoms with Gasteiger partial charge in [0.2, 0.25) is 0 Å². The first-order valence-corrected chi connectivity index (χ1v) is 13.4. The second kappa shape index (κ2) is 7.56. The topological polar surface area (TPSA) is 0 Å². The van der Waals surface area contributed by atoms with Crippen molar-refractivity contribution in [2.75, 3.05) is 0 Å². The second-order valence-corrected chi connectivity index (χ2v) is 11.9. The average molecular weight is 477 g/mol. The standard InChI is InChI=1S/C37H32/c1-23-11-9-14-25(19-23)26-17-18-28-29-21-34-30(22-33(29)37(4,5)32(28)20-26)35-27(24-12-7-6-8-13-24)15-10-16-31(35)36(34,2)3/h6-22H,1-5H3. The number of fused-ring (bicyclic) bond motifs is 6. The Labute approximate surface area is 220 Å². The number of benzene rings is 5. The molecule has 0 N–H and O–H groups in total. The van der Waals surface area contributed by atoms with Gasteiger partial charge in [-0.05, 0) is 91.9 Å². The van der Waals surface area contributed by atoms with Gasteiger partial charge >= 0.3 is 0 Å². The molecule has 0 heteroatoms. The van der Waals surface area contributed by atoms with Crippen molar-refractivity contribution in [1.82, 2.24) is 0 Å². The molecular weight excluding hydrogens is 444 g/mol. The van der Waals surface area contributed by atoms with Gasteiger partial charge < -0.3 is 0 Å². The van der Waals surface area contributed by atoms with E-state index in [1.165, 1.54) is 72.3 Å². The highest BCUT2D eigenvalue weighted by molar-refractivity contribution is 5.96. The van der Waals surface area contributed by atoms with Crippen LogP contribution >= 0.6 is 0 Å². The van der Waals surface area contributed by atoms with Crippen LogP contribution in [0.15, 0.2) is 103 Å². The van der Waals surface area contributed by atoms with E-state index < -0.39 is 0 Å². The van der Waals surface area contributed by atoms with E-state index in [9.17, 15) is 0 Å². The summed E-state index contributed by atoms with van der Waals surface area (Å²) in [4.78, 5) is 0. The van der Waals surface area contributed by atoms with Crippen molar-refractivity contribution in [2.45, 2.75) is 45.4 Å². The van der Waals surface area contributed by atoms with Gasteiger partial charge in [0.25, 0.3) is 0 Å². The highest BCUT2D eigenvalue weighted by Gasteiger charge is 2.42. The summed E-state index contributed by atoms with van der Waals surface area (Å²) < 4.78 is 0. The molecule has 2 aliphatic carbocycles. The predicted molar refractivity (Wildman–Crippen MR) is 157 cm³/mol. The molecule has 0 fully saturated rings. The van der Waals surface area contributed by atoms with E-state index in [-0.39, 0.29) is 10.8 Å². The van der Waals surface area contributed by atoms with E-state index in [1.807, 2.05) is 0 Å². The molecule has 2 aliphatic rings. The van der Waals surface area contributed by atoms with Crippen LogP contribution in [0.5, 0.6) is 0 Å². The summed E-state index contributed by atoms with van der Waals surface area (Å²) in [5.74, 6) is 0. The minimum Gasteiger partial charge on any atom is -0.0622 e. The molecule has 0 unspecified atom stereocenters. The molecule has 0 spiro atoms. The van der Waals surface area contributed by atoms with E-state index >= 15 is 0 Å². The Balaban J connectivity index is 1.45. The zero-order valence-corrected chi connectivity index (χ0v) is 22.3. The summed E-state index contributed by atoms with van der Waals surface area (Å²) in [6, 6.07) is 38.7. The van der Waals surface area contributed by atoms with Crippen LogP contribution in [-0.2, 0) is 10.8 Å². The quantitative estimate of drug-likeness (QED) is 0.238. The molecule has 0 aliphatic heterocycles. The molecule has 0 bridgehead atoms. The molecule has 0 amide bonds. The predicted octanol–water partition coefficient (Wildman–Crippen LogP) is 9.94. The number of hydrogen-bond donors (Lipinski definition) is 0. The number of aryl methyl sites for hydroxylation is 1. The van der Waals surface area contributed by atoms with Crippen LogP contribution in [0.2, 0.25) is 0 Å². The van der Waals surface area contributed by atoms with Crippen LogP contribution in [0, 0.1) is 6.92 Å². The molecule has 0 aromatic heterocycles. The van der Waals surface area contributed by atoms with Crippen molar-refractivity contribution < 1.29 is 0 Å². The third-order valence-electron chi connectivity index (χ3n) is 8.93. The molecule has 7 rings (SSSR count). The summed E-state index contributed by atoms with van der Waals surface area (Å²) in [5.41, 5.74) is 17.7. The maximum atomic E-state index is 2.52. The zero-order valence-electron chi connectivity index (χ0n) is 22.3. The smallest absolute Gasteiger partial charge is 0.0159 e. The van der Waals surface area contributed by atoms with Gasteiger partial charge in [0.05, 0.1) is 0 Å². The summed E-state index contributed by atoms with van der Waals surface area (Å²) >= 11 is 0. The van der Waals surface area contributed by atoms with E-state index in [2.05, 4.69) is 138 Å². The third-order valence-corrected chi connectivity index (χ3v) is 8.93. The summed E-state index contributed by atoms with van der Waals surface area (Å²) in [6.45, 7) is 11.7. The lowest BCUT2D eigenvalue weighted by Gasteiger charge is -2.24. The third kappa shape index (κ3) is 3.08. The fraction of sp³-hybridized carbons (Fsp3) is 0.189. The van der Waals surface area contributed by atoms with Gasteiger partial charge in [0.1, 0.15) is 0 Å². The van der Waals surface area contributed by atoms with E-state index in [1.54, 1.807) is 0 Å². The van der Waals surface area contributed by atoms with Crippen LogP contribution in [0.1, 0.15) is 55.5 Å². The van der Waals surface area contributed by atoms with Gasteiger partial charge in [-0.3, -0.25) is 0 Å². The first-order chi connectivity index (χ1) is 17.8. The molecule has 0 nitrogen and oxygen atoms in total. The molecule has 0 saturated carbocycles. The van der Waals surface area contributed by atoms with Gasteiger partial charge in [-0.25, -0.2) is 0 Å². The van der Waals surface area contributed by atoms with Crippen molar-refractivity contribution in [3.05, 3.63) is 131 Å². The maximum Gasteiger partial charge on any atom is 0.0159 e. The first-order valence-electron chi connectivity index (χ1n) is 13.4. The average Bonchev–Trinajstić information content (AvgIpc) is 3.27. The van der Waals surface area contributed by atoms with Crippen LogP contribution in [0.3, 0.4) is 0 Å². The monoisotopic (exact) mass is 476 g/mol. The van der Waals surface area contributed by atoms with Crippen molar-refractivity contribution in [1.29, 1.82) is 0 Å². The Morgan fingerprint density at radius 2 is 1.03 bits per heavy atom. The molecule has 0 atom stereocenters. The Morgan fingerprint density at radius 3 is 1.81 bits per heavy atom. The Kier molecular flexibility index (Phi) is 4.56. The van der Waals surface area contributed by atoms with Crippen LogP contribution < -0.4 is 0 Å². The molecule has 180 valence electrons. The molecule has 5 aromatic carbocycles. The second-order valence-electron chi connectivity index (χ2n) is 11.9. The van der Waals surface area contributed by atoms with Gasteiger partial charge in [-0.15, -0.1) is 0 Å². The fourth-order valence-electron chi connectivity index (χ4n) is 6.88. The van der Waals surface area contributed by atoms with Gasteiger partial charge in [0.15, 0.2) is 0 Å². The van der Waals surface area contributed by atoms with Crippen LogP contribution in [0.25, 0.3) is 44.5 Å². The van der Waals surface area contributed by atoms with Gasteiger partial charge in [-0.2, -0.15) is 0 Å². The van der Waals surface area contributed by atoms with E-state index in [0.29, 0.717) is 0 Å². The van der Waals surface area contributed by atoms with Crippen molar-refractivity contribution in [2.24, 2.45) is 0 Å². The minimum absolute atomic E-state index is 0.0428. The summed E-state index contributed by atoms with van der Waals surface area (Å²) in [6.07, 6.45) is 0. The summed E-state index contributed by atoms with van der Waals surface area (Å²) in [5, 5.41) is 0. The van der Waals surface area contributed by atoms with Crippen molar-refractivity contribution in [3.8, 4) is 44.5 Å². The van der Waals surface area contributed by atoms with Crippen molar-refractivity contribution >= 4 is 0 Å². The fourth-order valence-corrected chi connectivity index (χ4v) is 6.88. The lowest BCUT2D eigenvalue weighted by molar-refractivity contribution is 0.652. The number of hydrogen-bond acceptors (Lipinski definition) is 0. The Hall–Kier alpha value is -3.90. The zero-order chi connectivity index (χ0) is 25.5. The molecule has 0 radical (unpaired) electrons. The molecule has 5 aromatic rings. The highest BCUT2D eigenvalue weighted by atomic mass is 14.4. The van der Waals surface area contributed by atoms with Crippen LogP contribution in [0.4, 0.5) is 0 Å². The largest absolute Gasteiger partial charge is 0.0622 e. The van der Waals surface area contributed by atoms with E-state index in [0.717, 1.165) is 0 Å². The van der Waals surface area contributed by atoms with Gasteiger partial charge in [-0.1, -0.05) is 118 Å². The normalized spacial score (nSPS) is 15.6. The minimum atomic E-state index is -0.0614. The van der Waals surface area contributed by atoms with Crippen molar-refractivity contribution in [3.63, 3.8) is 0 Å². The van der Waals surface area contributed by atoms with E-state index in [4.69, 9.17) is 0 Å². The molecule has 0 saturated heterocycles. The van der Waals surface area contributed by atoms with Gasteiger partial charge in [0, 0.05) is 10.8 Å². The maximum absolute atomic E-state index is 2.52. The first kappa shape index (κ1) is 22.3. The lowest BCUT2D eigenvalue weighted by Crippen LogP contribution is -2.17. The molecular formula is C37H32. The van der Waals surface area contributed by atoms with Crippen LogP contribution in [-0.4, -0.2) is 0 Å². The Morgan fingerprint density at radius 1 is 0.405 bits per heavy atom. The SMILES string of the molecule is Cc1cccc(-c2ccc3c(c2)C(C)(C)c2cc4c(cc2-3)C(C)(C)c2cccc(-c3ccccc3)c2-4)c1. The lowest BCUT2D eigenvalue weighted by atomic mass is 9.79. The number of rotatable bonds is 2. The Bertz CT molecular complexity index is 1710. The molecule has 0 heterocycles. The molecule has 37 heavy (non-hydrogen) atoms. The highest BCUT2D eigenvalue weighted by Crippen LogP contribution is 2.57. The summed E-state index contributed by atoms with van der Waals surface area (Å²) in [7, 11) is 0.